The molecule has 38 heavy (non-hydrogen) atoms. The number of hydrogen-bond acceptors (Lipinski definition) is 6. The summed E-state index contributed by atoms with van der Waals surface area (Å²) in [6.45, 7) is 5.70. The maximum atomic E-state index is 13.1. The number of nitrogens with zero attached hydrogens (tertiary/aromatic N) is 2. The van der Waals surface area contributed by atoms with Crippen LogP contribution in [0.2, 0.25) is 0 Å². The average Bonchev–Trinajstić information content (AvgIpc) is 3.38. The SMILES string of the molecule is CN1CC(=O)N(Cc2ccc(C(=O)Nc3cc(-c4cccs4)ccc3NC(=O)OC(C)(C)C)cc2)CC1=O. The molecule has 0 unspecified atom stereocenters. The van der Waals surface area contributed by atoms with E-state index < -0.39 is 11.7 Å². The van der Waals surface area contributed by atoms with Gasteiger partial charge in [0, 0.05) is 24.0 Å². The Morgan fingerprint density at radius 3 is 2.34 bits per heavy atom. The molecule has 1 aliphatic rings. The number of thiophene rings is 1. The Labute approximate surface area is 225 Å². The zero-order chi connectivity index (χ0) is 27.4. The number of piperazine rings is 1. The van der Waals surface area contributed by atoms with Gasteiger partial charge in [0.15, 0.2) is 0 Å². The third-order valence-electron chi connectivity index (χ3n) is 5.78. The first-order valence-electron chi connectivity index (χ1n) is 12.1. The van der Waals surface area contributed by atoms with Crippen molar-refractivity contribution in [1.29, 1.82) is 0 Å². The van der Waals surface area contributed by atoms with Crippen molar-refractivity contribution in [2.45, 2.75) is 32.9 Å². The second-order valence-electron chi connectivity index (χ2n) is 10.0. The van der Waals surface area contributed by atoms with Gasteiger partial charge in [-0.1, -0.05) is 24.3 Å². The lowest BCUT2D eigenvalue weighted by Gasteiger charge is -2.31. The summed E-state index contributed by atoms with van der Waals surface area (Å²) in [5.41, 5.74) is 2.26. The fourth-order valence-corrected chi connectivity index (χ4v) is 4.57. The van der Waals surface area contributed by atoms with Gasteiger partial charge in [-0.15, -0.1) is 11.3 Å². The molecule has 0 aliphatic carbocycles. The second kappa shape index (κ2) is 11.1. The molecule has 2 heterocycles. The van der Waals surface area contributed by atoms with Crippen molar-refractivity contribution in [3.8, 4) is 10.4 Å². The predicted octanol–water partition coefficient (Wildman–Crippen LogP) is 4.82. The van der Waals surface area contributed by atoms with E-state index >= 15 is 0 Å². The fraction of sp³-hybridized carbons (Fsp3) is 0.286. The van der Waals surface area contributed by atoms with Gasteiger partial charge in [0.1, 0.15) is 12.1 Å². The minimum absolute atomic E-state index is 0.0333. The third kappa shape index (κ3) is 6.77. The molecule has 2 aromatic carbocycles. The Bertz CT molecular complexity index is 1350. The molecular formula is C28H30N4O5S. The zero-order valence-corrected chi connectivity index (χ0v) is 22.6. The van der Waals surface area contributed by atoms with E-state index in [-0.39, 0.29) is 37.4 Å². The Hall–Kier alpha value is -4.18. The lowest BCUT2D eigenvalue weighted by atomic mass is 10.1. The monoisotopic (exact) mass is 534 g/mol. The highest BCUT2D eigenvalue weighted by Gasteiger charge is 2.27. The molecular weight excluding hydrogens is 504 g/mol. The van der Waals surface area contributed by atoms with E-state index in [4.69, 9.17) is 4.74 Å². The lowest BCUT2D eigenvalue weighted by Crippen LogP contribution is -2.51. The van der Waals surface area contributed by atoms with E-state index in [0.29, 0.717) is 16.9 Å². The highest BCUT2D eigenvalue weighted by molar-refractivity contribution is 7.13. The largest absolute Gasteiger partial charge is 0.444 e. The molecule has 3 aromatic rings. The van der Waals surface area contributed by atoms with Gasteiger partial charge in [-0.2, -0.15) is 0 Å². The van der Waals surface area contributed by atoms with Gasteiger partial charge in [-0.3, -0.25) is 19.7 Å². The molecule has 2 N–H and O–H groups in total. The van der Waals surface area contributed by atoms with E-state index in [9.17, 15) is 19.2 Å². The van der Waals surface area contributed by atoms with Crippen molar-refractivity contribution in [2.75, 3.05) is 30.8 Å². The number of anilines is 2. The summed E-state index contributed by atoms with van der Waals surface area (Å²) in [7, 11) is 1.61. The van der Waals surface area contributed by atoms with Crippen LogP contribution >= 0.6 is 11.3 Å². The van der Waals surface area contributed by atoms with Crippen LogP contribution in [0.5, 0.6) is 0 Å². The molecule has 1 aromatic heterocycles. The first-order valence-corrected chi connectivity index (χ1v) is 13.0. The first kappa shape index (κ1) is 26.9. The number of benzene rings is 2. The summed E-state index contributed by atoms with van der Waals surface area (Å²) in [5, 5.41) is 7.58. The molecule has 0 bridgehead atoms. The van der Waals surface area contributed by atoms with E-state index in [0.717, 1.165) is 16.0 Å². The Morgan fingerprint density at radius 2 is 1.68 bits per heavy atom. The number of likely N-dealkylation sites (N-methyl/N-ethyl adjacent to an activating group) is 1. The van der Waals surface area contributed by atoms with Crippen LogP contribution in [0.3, 0.4) is 0 Å². The van der Waals surface area contributed by atoms with E-state index in [1.165, 1.54) is 9.80 Å². The zero-order valence-electron chi connectivity index (χ0n) is 21.7. The van der Waals surface area contributed by atoms with Crippen LogP contribution in [0.1, 0.15) is 36.7 Å². The van der Waals surface area contributed by atoms with Gasteiger partial charge in [-0.05, 0) is 67.6 Å². The molecule has 0 spiro atoms. The van der Waals surface area contributed by atoms with Gasteiger partial charge >= 0.3 is 6.09 Å². The molecule has 1 saturated heterocycles. The molecule has 10 heteroatoms. The van der Waals surface area contributed by atoms with Crippen LogP contribution in [-0.2, 0) is 20.9 Å². The number of ether oxygens (including phenoxy) is 1. The summed E-state index contributed by atoms with van der Waals surface area (Å²) >= 11 is 1.57. The molecule has 1 fully saturated rings. The van der Waals surface area contributed by atoms with Crippen LogP contribution in [0.25, 0.3) is 10.4 Å². The van der Waals surface area contributed by atoms with Crippen molar-refractivity contribution >= 4 is 46.5 Å². The molecule has 4 rings (SSSR count). The molecule has 0 atom stereocenters. The van der Waals surface area contributed by atoms with Crippen molar-refractivity contribution in [2.24, 2.45) is 0 Å². The fourth-order valence-electron chi connectivity index (χ4n) is 3.85. The molecule has 9 nitrogen and oxygen atoms in total. The number of nitrogens with one attached hydrogen (secondary N) is 2. The van der Waals surface area contributed by atoms with Gasteiger partial charge in [0.25, 0.3) is 5.91 Å². The molecule has 1 aliphatic heterocycles. The maximum absolute atomic E-state index is 13.1. The van der Waals surface area contributed by atoms with Crippen molar-refractivity contribution in [1.82, 2.24) is 9.80 Å². The summed E-state index contributed by atoms with van der Waals surface area (Å²) in [6, 6.07) is 16.2. The maximum Gasteiger partial charge on any atom is 0.412 e. The minimum atomic E-state index is -0.672. The normalized spacial score (nSPS) is 13.9. The van der Waals surface area contributed by atoms with Crippen molar-refractivity contribution < 1.29 is 23.9 Å². The van der Waals surface area contributed by atoms with Gasteiger partial charge in [0.05, 0.1) is 17.9 Å². The number of rotatable bonds is 6. The minimum Gasteiger partial charge on any atom is -0.444 e. The Kier molecular flexibility index (Phi) is 7.82. The summed E-state index contributed by atoms with van der Waals surface area (Å²) < 4.78 is 5.37. The van der Waals surface area contributed by atoms with E-state index in [1.807, 2.05) is 23.6 Å². The van der Waals surface area contributed by atoms with Gasteiger partial charge in [-0.25, -0.2) is 4.79 Å². The summed E-state index contributed by atoms with van der Waals surface area (Å²) in [5.74, 6) is -0.594. The highest BCUT2D eigenvalue weighted by atomic mass is 32.1. The van der Waals surface area contributed by atoms with Crippen LogP contribution in [-0.4, -0.2) is 59.4 Å². The number of carbonyl (C=O) groups excluding carboxylic acids is 4. The standard InChI is InChI=1S/C28H30N4O5S/c1-28(2,3)37-27(36)30-21-12-11-20(23-6-5-13-38-23)14-22(21)29-26(35)19-9-7-18(8-10-19)15-32-17-24(33)31(4)16-25(32)34/h5-14H,15-17H2,1-4H3,(H,29,35)(H,30,36). The van der Waals surface area contributed by atoms with Gasteiger partial charge < -0.3 is 19.9 Å². The molecule has 4 amide bonds. The van der Waals surface area contributed by atoms with Gasteiger partial charge in [0.2, 0.25) is 11.8 Å². The van der Waals surface area contributed by atoms with E-state index in [1.54, 1.807) is 75.6 Å². The van der Waals surface area contributed by atoms with Crippen molar-refractivity contribution in [3.63, 3.8) is 0 Å². The smallest absolute Gasteiger partial charge is 0.412 e. The molecule has 0 saturated carbocycles. The van der Waals surface area contributed by atoms with Crippen LogP contribution in [0.15, 0.2) is 60.0 Å². The predicted molar refractivity (Wildman–Crippen MR) is 147 cm³/mol. The van der Waals surface area contributed by atoms with Crippen molar-refractivity contribution in [3.05, 3.63) is 71.1 Å². The highest BCUT2D eigenvalue weighted by Crippen LogP contribution is 2.32. The topological polar surface area (TPSA) is 108 Å². The Balaban J connectivity index is 1.50. The van der Waals surface area contributed by atoms with Crippen LogP contribution in [0, 0.1) is 0 Å². The second-order valence-corrected chi connectivity index (χ2v) is 11.0. The van der Waals surface area contributed by atoms with E-state index in [2.05, 4.69) is 10.6 Å². The lowest BCUT2D eigenvalue weighted by molar-refractivity contribution is -0.149. The molecule has 198 valence electrons. The van der Waals surface area contributed by atoms with Crippen LogP contribution in [0.4, 0.5) is 16.2 Å². The number of amides is 4. The summed E-state index contributed by atoms with van der Waals surface area (Å²) in [6.07, 6.45) is -0.627. The quantitative estimate of drug-likeness (QED) is 0.472. The number of carbonyl (C=O) groups is 4. The Morgan fingerprint density at radius 1 is 0.947 bits per heavy atom. The third-order valence-corrected chi connectivity index (χ3v) is 6.69. The number of hydrogen-bond donors (Lipinski definition) is 2. The average molecular weight is 535 g/mol. The first-order chi connectivity index (χ1) is 18.0. The van der Waals surface area contributed by atoms with Crippen LogP contribution < -0.4 is 10.6 Å². The molecule has 0 radical (unpaired) electrons. The summed E-state index contributed by atoms with van der Waals surface area (Å²) in [4.78, 5) is 53.7.